The fraction of sp³-hybridized carbons (Fsp3) is 0.143. The van der Waals surface area contributed by atoms with Crippen molar-refractivity contribution in [2.75, 3.05) is 5.43 Å². The van der Waals surface area contributed by atoms with E-state index in [9.17, 15) is 0 Å². The number of aromatic amines is 1. The fourth-order valence-corrected chi connectivity index (χ4v) is 1.99. The van der Waals surface area contributed by atoms with Crippen LogP contribution in [0.3, 0.4) is 0 Å². The van der Waals surface area contributed by atoms with Crippen molar-refractivity contribution >= 4 is 22.7 Å². The molecule has 2 aromatic heterocycles. The van der Waals surface area contributed by atoms with Gasteiger partial charge in [0.2, 0.25) is 5.95 Å². The van der Waals surface area contributed by atoms with Crippen LogP contribution in [0.4, 0.5) is 5.95 Å². The summed E-state index contributed by atoms with van der Waals surface area (Å²) in [6, 6.07) is 11.9. The smallest absolute Gasteiger partial charge is 0.224 e. The zero-order valence-electron chi connectivity index (χ0n) is 10.9. The minimum Gasteiger partial charge on any atom is -0.360 e. The molecular weight excluding hydrogens is 238 g/mol. The van der Waals surface area contributed by atoms with E-state index in [0.717, 1.165) is 28.4 Å². The summed E-state index contributed by atoms with van der Waals surface area (Å²) < 4.78 is 1.99. The number of hydrogen-bond acceptors (Lipinski definition) is 3. The van der Waals surface area contributed by atoms with E-state index in [4.69, 9.17) is 0 Å². The van der Waals surface area contributed by atoms with Gasteiger partial charge in [0.25, 0.3) is 0 Å². The van der Waals surface area contributed by atoms with Crippen molar-refractivity contribution in [2.24, 2.45) is 12.1 Å². The molecule has 3 rings (SSSR count). The molecule has 0 unspecified atom stereocenters. The number of hydrogen-bond donors (Lipinski definition) is 2. The number of H-pyrrole nitrogens is 1. The number of hydrazone groups is 1. The number of anilines is 1. The van der Waals surface area contributed by atoms with Gasteiger partial charge in [0, 0.05) is 13.2 Å². The molecule has 0 aliphatic rings. The molecule has 5 nitrogen and oxygen atoms in total. The molecule has 0 fully saturated rings. The highest BCUT2D eigenvalue weighted by molar-refractivity contribution is 5.97. The van der Waals surface area contributed by atoms with E-state index in [1.165, 1.54) is 0 Å². The molecule has 0 radical (unpaired) electrons. The average molecular weight is 253 g/mol. The number of nitrogens with one attached hydrogen (secondary N) is 2. The second-order valence-electron chi connectivity index (χ2n) is 4.38. The maximum Gasteiger partial charge on any atom is 0.224 e. The molecule has 96 valence electrons. The van der Waals surface area contributed by atoms with E-state index in [2.05, 4.69) is 20.5 Å². The van der Waals surface area contributed by atoms with Gasteiger partial charge in [0.15, 0.2) is 0 Å². The normalized spacial score (nSPS) is 12.0. The van der Waals surface area contributed by atoms with Crippen LogP contribution in [0.5, 0.6) is 0 Å². The van der Waals surface area contributed by atoms with Crippen molar-refractivity contribution in [1.82, 2.24) is 14.5 Å². The minimum atomic E-state index is 0.729. The lowest BCUT2D eigenvalue weighted by Gasteiger charge is -2.02. The van der Waals surface area contributed by atoms with Gasteiger partial charge >= 0.3 is 0 Å². The molecule has 0 bridgehead atoms. The Morgan fingerprint density at radius 3 is 2.84 bits per heavy atom. The van der Waals surface area contributed by atoms with Gasteiger partial charge in [-0.15, -0.1) is 0 Å². The molecular formula is C14H15N5. The third-order valence-electron chi connectivity index (χ3n) is 3.10. The molecule has 1 aromatic carbocycles. The summed E-state index contributed by atoms with van der Waals surface area (Å²) >= 11 is 0. The van der Waals surface area contributed by atoms with E-state index < -0.39 is 0 Å². The van der Waals surface area contributed by atoms with E-state index >= 15 is 0 Å². The molecule has 19 heavy (non-hydrogen) atoms. The van der Waals surface area contributed by atoms with Crippen LogP contribution in [-0.4, -0.2) is 20.2 Å². The molecule has 0 amide bonds. The summed E-state index contributed by atoms with van der Waals surface area (Å²) in [5.74, 6) is 0.729. The maximum absolute atomic E-state index is 4.50. The summed E-state index contributed by atoms with van der Waals surface area (Å²) in [7, 11) is 1.97. The molecule has 0 atom stereocenters. The Kier molecular flexibility index (Phi) is 2.79. The number of para-hydroxylation sites is 2. The lowest BCUT2D eigenvalue weighted by atomic mass is 10.3. The first-order valence-corrected chi connectivity index (χ1v) is 6.11. The molecule has 2 heterocycles. The van der Waals surface area contributed by atoms with E-state index in [-0.39, 0.29) is 0 Å². The highest BCUT2D eigenvalue weighted by Crippen LogP contribution is 2.17. The number of fused-ring (bicyclic) bond motifs is 1. The van der Waals surface area contributed by atoms with Gasteiger partial charge in [0.05, 0.1) is 22.4 Å². The molecule has 0 spiro atoms. The van der Waals surface area contributed by atoms with Crippen molar-refractivity contribution in [3.63, 3.8) is 0 Å². The van der Waals surface area contributed by atoms with Crippen molar-refractivity contribution < 1.29 is 0 Å². The minimum absolute atomic E-state index is 0.729. The molecule has 0 saturated carbocycles. The van der Waals surface area contributed by atoms with Crippen molar-refractivity contribution in [3.05, 3.63) is 48.3 Å². The Balaban J connectivity index is 1.90. The van der Waals surface area contributed by atoms with E-state index in [0.29, 0.717) is 0 Å². The van der Waals surface area contributed by atoms with Crippen LogP contribution < -0.4 is 5.43 Å². The number of nitrogens with zero attached hydrogens (tertiary/aromatic N) is 3. The predicted octanol–water partition coefficient (Wildman–Crippen LogP) is 2.74. The number of rotatable bonds is 3. The first kappa shape index (κ1) is 11.5. The van der Waals surface area contributed by atoms with Gasteiger partial charge in [-0.05, 0) is 31.2 Å². The van der Waals surface area contributed by atoms with Gasteiger partial charge in [-0.2, -0.15) is 5.10 Å². The third-order valence-corrected chi connectivity index (χ3v) is 3.10. The molecule has 3 aromatic rings. The predicted molar refractivity (Wildman–Crippen MR) is 77.3 cm³/mol. The topological polar surface area (TPSA) is 58.0 Å². The summed E-state index contributed by atoms with van der Waals surface area (Å²) in [6.45, 7) is 1.95. The SMILES string of the molecule is C/C(=N\Nc1nc2ccccc2n1C)c1ccc[nH]1. The van der Waals surface area contributed by atoms with E-state index in [1.54, 1.807) is 0 Å². The van der Waals surface area contributed by atoms with Crippen LogP contribution in [0.15, 0.2) is 47.7 Å². The van der Waals surface area contributed by atoms with Gasteiger partial charge < -0.3 is 9.55 Å². The number of imidazole rings is 1. The van der Waals surface area contributed by atoms with Gasteiger partial charge in [-0.1, -0.05) is 12.1 Å². The Bertz CT molecular complexity index is 721. The first-order chi connectivity index (χ1) is 9.25. The Hall–Kier alpha value is -2.56. The van der Waals surface area contributed by atoms with Gasteiger partial charge in [-0.25, -0.2) is 10.4 Å². The summed E-state index contributed by atoms with van der Waals surface area (Å²) in [5, 5.41) is 4.35. The van der Waals surface area contributed by atoms with Crippen molar-refractivity contribution in [2.45, 2.75) is 6.92 Å². The summed E-state index contributed by atoms with van der Waals surface area (Å²) in [6.07, 6.45) is 1.88. The lowest BCUT2D eigenvalue weighted by Crippen LogP contribution is -2.03. The average Bonchev–Trinajstić information content (AvgIpc) is 3.05. The van der Waals surface area contributed by atoms with Crippen LogP contribution >= 0.6 is 0 Å². The van der Waals surface area contributed by atoms with Gasteiger partial charge in [-0.3, -0.25) is 0 Å². The molecule has 2 N–H and O–H groups in total. The van der Waals surface area contributed by atoms with E-state index in [1.807, 2.05) is 61.1 Å². The molecule has 5 heteroatoms. The van der Waals surface area contributed by atoms with Crippen LogP contribution in [0.2, 0.25) is 0 Å². The van der Waals surface area contributed by atoms with Crippen LogP contribution in [0.1, 0.15) is 12.6 Å². The van der Waals surface area contributed by atoms with Crippen LogP contribution in [0.25, 0.3) is 11.0 Å². The largest absolute Gasteiger partial charge is 0.360 e. The van der Waals surface area contributed by atoms with Crippen molar-refractivity contribution in [3.8, 4) is 0 Å². The molecule has 0 saturated heterocycles. The quantitative estimate of drug-likeness (QED) is 0.557. The Morgan fingerprint density at radius 2 is 2.11 bits per heavy atom. The number of benzene rings is 1. The Labute approximate surface area is 111 Å². The fourth-order valence-electron chi connectivity index (χ4n) is 1.99. The third kappa shape index (κ3) is 2.10. The van der Waals surface area contributed by atoms with Crippen LogP contribution in [0, 0.1) is 0 Å². The maximum atomic E-state index is 4.50. The highest BCUT2D eigenvalue weighted by atomic mass is 15.4. The van der Waals surface area contributed by atoms with Crippen molar-refractivity contribution in [1.29, 1.82) is 0 Å². The summed E-state index contributed by atoms with van der Waals surface area (Å²) in [5.41, 5.74) is 6.93. The summed E-state index contributed by atoms with van der Waals surface area (Å²) in [4.78, 5) is 7.62. The first-order valence-electron chi connectivity index (χ1n) is 6.11. The molecule has 0 aliphatic carbocycles. The second-order valence-corrected chi connectivity index (χ2v) is 4.38. The van der Waals surface area contributed by atoms with Crippen LogP contribution in [-0.2, 0) is 7.05 Å². The number of aryl methyl sites for hydroxylation is 1. The number of aromatic nitrogens is 3. The zero-order chi connectivity index (χ0) is 13.2. The lowest BCUT2D eigenvalue weighted by molar-refractivity contribution is 0.942. The highest BCUT2D eigenvalue weighted by Gasteiger charge is 2.06. The standard InChI is InChI=1S/C14H15N5/c1-10(11-7-5-9-15-11)17-18-14-16-12-6-3-4-8-13(12)19(14)2/h3-9,15H,1-2H3,(H,16,18)/b17-10+. The second kappa shape index (κ2) is 4.61. The monoisotopic (exact) mass is 253 g/mol. The zero-order valence-corrected chi connectivity index (χ0v) is 10.9. The Morgan fingerprint density at radius 1 is 1.26 bits per heavy atom. The van der Waals surface area contributed by atoms with Gasteiger partial charge in [0.1, 0.15) is 0 Å². The molecule has 0 aliphatic heterocycles.